The third-order valence-electron chi connectivity index (χ3n) is 11.6. The molecule has 0 amide bonds. The number of alkyl halides is 6. The van der Waals surface area contributed by atoms with Gasteiger partial charge in [-0.3, -0.25) is 27.9 Å². The van der Waals surface area contributed by atoms with Crippen LogP contribution in [-0.4, -0.2) is 61.8 Å². The van der Waals surface area contributed by atoms with E-state index in [4.69, 9.17) is 23.2 Å². The highest BCUT2D eigenvalue weighted by molar-refractivity contribution is 6.30. The Bertz CT molecular complexity index is 3350. The number of rotatable bonds is 16. The molecule has 8 aromatic rings. The van der Waals surface area contributed by atoms with Crippen LogP contribution in [0.1, 0.15) is 60.1 Å². The molecule has 25 heteroatoms. The van der Waals surface area contributed by atoms with Gasteiger partial charge in [0.15, 0.2) is 22.3 Å². The average Bonchev–Trinajstić information content (AvgIpc) is 3.88. The Kier molecular flexibility index (Phi) is 16.6. The van der Waals surface area contributed by atoms with Gasteiger partial charge in [-0.15, -0.1) is 26.3 Å². The third-order valence-corrected chi connectivity index (χ3v) is 12.1. The van der Waals surface area contributed by atoms with Crippen LogP contribution in [0.15, 0.2) is 104 Å². The minimum Gasteiger partial charge on any atom is -0.406 e. The van der Waals surface area contributed by atoms with E-state index in [1.165, 1.54) is 23.2 Å². The molecule has 0 spiro atoms. The molecular formula is C49H44Cl2F8N8O7. The zero-order chi connectivity index (χ0) is 53.8. The fourth-order valence-electron chi connectivity index (χ4n) is 8.04. The number of hydrogen-bond acceptors (Lipinski definition) is 9. The lowest BCUT2D eigenvalue weighted by Gasteiger charge is -2.13. The summed E-state index contributed by atoms with van der Waals surface area (Å²) in [5.41, 5.74) is -0.923. The number of aliphatic hydroxyl groups is 1. The van der Waals surface area contributed by atoms with Crippen molar-refractivity contribution >= 4 is 45.5 Å². The van der Waals surface area contributed by atoms with Gasteiger partial charge in [0, 0.05) is 69.8 Å². The van der Waals surface area contributed by atoms with Crippen molar-refractivity contribution in [1.29, 1.82) is 0 Å². The molecule has 15 nitrogen and oxygen atoms in total. The minimum absolute atomic E-state index is 0.0299. The molecule has 0 aliphatic heterocycles. The van der Waals surface area contributed by atoms with Crippen molar-refractivity contribution in [3.05, 3.63) is 182 Å². The molecule has 0 saturated carbocycles. The molecule has 8 rings (SSSR count). The Morgan fingerprint density at radius 2 is 0.946 bits per heavy atom. The van der Waals surface area contributed by atoms with Gasteiger partial charge in [-0.05, 0) is 95.8 Å². The Labute approximate surface area is 423 Å². The van der Waals surface area contributed by atoms with Gasteiger partial charge in [-0.1, -0.05) is 60.8 Å². The molecule has 4 aromatic carbocycles. The van der Waals surface area contributed by atoms with Gasteiger partial charge >= 0.3 is 24.1 Å². The fourth-order valence-corrected chi connectivity index (χ4v) is 8.29. The summed E-state index contributed by atoms with van der Waals surface area (Å²) in [5, 5.41) is 10.2. The van der Waals surface area contributed by atoms with Gasteiger partial charge in [-0.2, -0.15) is 0 Å². The lowest BCUT2D eigenvalue weighted by atomic mass is 10.1. The molecule has 0 radical (unpaired) electrons. The van der Waals surface area contributed by atoms with Crippen molar-refractivity contribution in [3.63, 3.8) is 0 Å². The number of imidazole rings is 2. The van der Waals surface area contributed by atoms with Gasteiger partial charge < -0.3 is 23.7 Å². The second-order valence-corrected chi connectivity index (χ2v) is 17.7. The van der Waals surface area contributed by atoms with Gasteiger partial charge in [0.05, 0.1) is 0 Å². The summed E-state index contributed by atoms with van der Waals surface area (Å²) in [5.74, 6) is -2.43. The summed E-state index contributed by atoms with van der Waals surface area (Å²) in [7, 11) is 2.90. The van der Waals surface area contributed by atoms with Crippen molar-refractivity contribution in [2.75, 3.05) is 6.61 Å². The van der Waals surface area contributed by atoms with Crippen LogP contribution in [0.25, 0.3) is 22.3 Å². The zero-order valence-corrected chi connectivity index (χ0v) is 40.9. The van der Waals surface area contributed by atoms with Crippen molar-refractivity contribution in [1.82, 2.24) is 37.4 Å². The molecule has 0 fully saturated rings. The summed E-state index contributed by atoms with van der Waals surface area (Å²) in [6.07, 6.45) is -8.93. The molecule has 0 atom stereocenters. The van der Waals surface area contributed by atoms with E-state index in [1.807, 2.05) is 6.92 Å². The summed E-state index contributed by atoms with van der Waals surface area (Å²) in [6, 6.07) is 18.8. The molecule has 4 aromatic heterocycles. The van der Waals surface area contributed by atoms with E-state index in [0.29, 0.717) is 22.0 Å². The van der Waals surface area contributed by atoms with E-state index in [-0.39, 0.29) is 97.2 Å². The first-order valence-electron chi connectivity index (χ1n) is 22.5. The third kappa shape index (κ3) is 12.6. The zero-order valence-electron chi connectivity index (χ0n) is 39.4. The maximum absolute atomic E-state index is 14.7. The maximum atomic E-state index is 14.7. The van der Waals surface area contributed by atoms with Crippen molar-refractivity contribution in [2.24, 2.45) is 14.1 Å². The number of nitrogens with zero attached hydrogens (tertiary/aromatic N) is 8. The molecule has 0 saturated heterocycles. The summed E-state index contributed by atoms with van der Waals surface area (Å²) in [4.78, 5) is 61.4. The molecular weight excluding hydrogens is 1040 g/mol. The van der Waals surface area contributed by atoms with Crippen LogP contribution in [-0.2, 0) is 53.1 Å². The molecule has 0 unspecified atom stereocenters. The van der Waals surface area contributed by atoms with Crippen molar-refractivity contribution < 1.29 is 49.7 Å². The number of fused-ring (bicyclic) bond motifs is 2. The first-order valence-corrected chi connectivity index (χ1v) is 23.3. The Morgan fingerprint density at radius 3 is 1.30 bits per heavy atom. The summed E-state index contributed by atoms with van der Waals surface area (Å²) in [6.45, 7) is 2.08. The number of benzene rings is 4. The summed E-state index contributed by atoms with van der Waals surface area (Å²) >= 11 is 12.0. The number of hydrogen-bond donors (Lipinski definition) is 1. The lowest BCUT2D eigenvalue weighted by Crippen LogP contribution is -2.40. The van der Waals surface area contributed by atoms with Gasteiger partial charge in [0.2, 0.25) is 0 Å². The van der Waals surface area contributed by atoms with Crippen molar-refractivity contribution in [3.8, 4) is 11.5 Å². The molecule has 4 heterocycles. The van der Waals surface area contributed by atoms with Crippen LogP contribution in [0, 0.1) is 11.6 Å². The van der Waals surface area contributed by atoms with Crippen LogP contribution in [0.5, 0.6) is 11.5 Å². The standard InChI is InChI=1S/C25H23ClF4N4O3.C24H21ClF4N4O4/c1-3-4-11-33-23(35)21-22(32(2)24(33)36)31-20(34(21)14-15-5-7-17(26)8-6-15)13-16-12-18(9-10-19(16)27)37-25(28,29)30;1-31-21-20(22(35)32(23(31)36)9-2-10-34)33(13-14-3-5-16(25)6-4-14)19(30-21)12-15-11-17(7-8-18(15)26)37-24(27,28)29/h5-10,12H,3-4,11,13-14H2,1-2H3;3-8,11,34H,2,9-10,12-13H2,1H3. The summed E-state index contributed by atoms with van der Waals surface area (Å²) < 4.78 is 121. The molecule has 1 N–H and O–H groups in total. The smallest absolute Gasteiger partial charge is 0.406 e. The van der Waals surface area contributed by atoms with Crippen LogP contribution < -0.4 is 32.0 Å². The number of aryl methyl sites for hydroxylation is 2. The largest absolute Gasteiger partial charge is 0.573 e. The van der Waals surface area contributed by atoms with Crippen LogP contribution in [0.2, 0.25) is 10.0 Å². The van der Waals surface area contributed by atoms with Crippen molar-refractivity contribution in [2.45, 2.75) is 77.9 Å². The second-order valence-electron chi connectivity index (χ2n) is 16.8. The van der Waals surface area contributed by atoms with E-state index in [9.17, 15) is 59.4 Å². The Balaban J connectivity index is 0.000000216. The number of aliphatic hydroxyl groups excluding tert-OH is 1. The molecule has 0 bridgehead atoms. The minimum atomic E-state index is -4.96. The maximum Gasteiger partial charge on any atom is 0.573 e. The van der Waals surface area contributed by atoms with E-state index >= 15 is 0 Å². The van der Waals surface area contributed by atoms with E-state index in [1.54, 1.807) is 53.1 Å². The first-order chi connectivity index (χ1) is 35.0. The number of halogens is 10. The number of unbranched alkanes of at least 4 members (excludes halogenated alkanes) is 1. The normalized spacial score (nSPS) is 11.9. The molecule has 0 aliphatic carbocycles. The van der Waals surface area contributed by atoms with E-state index in [0.717, 1.165) is 62.1 Å². The first kappa shape index (κ1) is 54.5. The van der Waals surface area contributed by atoms with Crippen LogP contribution in [0.4, 0.5) is 35.1 Å². The van der Waals surface area contributed by atoms with E-state index < -0.39 is 58.4 Å². The SMILES string of the molecule is CCCCn1c(=O)c2c(nc(Cc3cc(OC(F)(F)F)ccc3F)n2Cc2ccc(Cl)cc2)n(C)c1=O.Cn1c(=O)n(CCCO)c(=O)c2c1nc(Cc1cc(OC(F)(F)F)ccc1F)n2Cc1ccc(Cl)cc1. The highest BCUT2D eigenvalue weighted by atomic mass is 35.5. The van der Waals surface area contributed by atoms with E-state index in [2.05, 4.69) is 19.4 Å². The predicted octanol–water partition coefficient (Wildman–Crippen LogP) is 8.64. The highest BCUT2D eigenvalue weighted by Gasteiger charge is 2.33. The van der Waals surface area contributed by atoms with Crippen LogP contribution in [0.3, 0.4) is 0 Å². The van der Waals surface area contributed by atoms with Gasteiger partial charge in [0.25, 0.3) is 11.1 Å². The average molecular weight is 1080 g/mol. The highest BCUT2D eigenvalue weighted by Crippen LogP contribution is 2.29. The molecule has 74 heavy (non-hydrogen) atoms. The van der Waals surface area contributed by atoms with Gasteiger partial charge in [-0.25, -0.2) is 28.3 Å². The second kappa shape index (κ2) is 22.5. The number of aromatic nitrogens is 8. The Morgan fingerprint density at radius 1 is 0.568 bits per heavy atom. The van der Waals surface area contributed by atoms with Crippen LogP contribution >= 0.6 is 23.2 Å². The number of ether oxygens (including phenoxy) is 2. The topological polar surface area (TPSA) is 162 Å². The molecule has 392 valence electrons. The lowest BCUT2D eigenvalue weighted by molar-refractivity contribution is -0.275. The molecule has 0 aliphatic rings. The predicted molar refractivity (Wildman–Crippen MR) is 258 cm³/mol. The van der Waals surface area contributed by atoms with Gasteiger partial charge in [0.1, 0.15) is 34.8 Å². The fraction of sp³-hybridized carbons (Fsp3) is 0.306. The monoisotopic (exact) mass is 1080 g/mol. The quantitative estimate of drug-likeness (QED) is 0.0934. The Hall–Kier alpha value is -7.24.